The van der Waals surface area contributed by atoms with Crippen LogP contribution in [0.5, 0.6) is 0 Å². The van der Waals surface area contributed by atoms with E-state index in [0.29, 0.717) is 17.1 Å². The summed E-state index contributed by atoms with van der Waals surface area (Å²) >= 11 is 6.05. The van der Waals surface area contributed by atoms with Crippen molar-refractivity contribution in [2.45, 2.75) is 26.3 Å². The van der Waals surface area contributed by atoms with Crippen molar-refractivity contribution < 1.29 is 0 Å². The minimum absolute atomic E-state index is 0.111. The number of aromatic amines is 1. The van der Waals surface area contributed by atoms with Crippen LogP contribution in [0.3, 0.4) is 0 Å². The minimum atomic E-state index is -0.111. The highest BCUT2D eigenvalue weighted by Gasteiger charge is 2.10. The van der Waals surface area contributed by atoms with Gasteiger partial charge in [-0.05, 0) is 36.4 Å². The van der Waals surface area contributed by atoms with Gasteiger partial charge in [-0.1, -0.05) is 25.4 Å². The molecule has 0 aliphatic heterocycles. The van der Waals surface area contributed by atoms with Gasteiger partial charge in [0, 0.05) is 40.1 Å². The third-order valence-electron chi connectivity index (χ3n) is 4.31. The molecule has 4 rings (SSSR count). The summed E-state index contributed by atoms with van der Waals surface area (Å²) in [6, 6.07) is 11.1. The fraction of sp³-hybridized carbons (Fsp3) is 0.211. The summed E-state index contributed by atoms with van der Waals surface area (Å²) in [4.78, 5) is 15.2. The van der Waals surface area contributed by atoms with Crippen molar-refractivity contribution in [1.29, 1.82) is 0 Å². The third kappa shape index (κ3) is 3.04. The van der Waals surface area contributed by atoms with Crippen LogP contribution in [0.25, 0.3) is 16.6 Å². The number of nitrogens with zero attached hydrogens (tertiary/aromatic N) is 3. The van der Waals surface area contributed by atoms with Crippen LogP contribution in [0.2, 0.25) is 5.02 Å². The lowest BCUT2D eigenvalue weighted by Gasteiger charge is -2.09. The zero-order chi connectivity index (χ0) is 18.3. The molecule has 0 unspecified atom stereocenters. The monoisotopic (exact) mass is 367 g/mol. The van der Waals surface area contributed by atoms with E-state index >= 15 is 0 Å². The highest BCUT2D eigenvalue weighted by molar-refractivity contribution is 6.31. The number of anilines is 1. The van der Waals surface area contributed by atoms with Crippen molar-refractivity contribution in [3.05, 3.63) is 69.4 Å². The predicted octanol–water partition coefficient (Wildman–Crippen LogP) is 3.96. The number of hydrogen-bond donors (Lipinski definition) is 2. The molecule has 0 saturated carbocycles. The van der Waals surface area contributed by atoms with E-state index in [1.165, 1.54) is 0 Å². The van der Waals surface area contributed by atoms with Gasteiger partial charge in [0.15, 0.2) is 5.65 Å². The van der Waals surface area contributed by atoms with Crippen molar-refractivity contribution in [1.82, 2.24) is 19.6 Å². The van der Waals surface area contributed by atoms with E-state index in [-0.39, 0.29) is 11.5 Å². The second kappa shape index (κ2) is 6.46. The van der Waals surface area contributed by atoms with Crippen LogP contribution in [-0.2, 0) is 6.54 Å². The normalized spacial score (nSPS) is 11.5. The summed E-state index contributed by atoms with van der Waals surface area (Å²) in [5, 5.41) is 13.3. The number of H-pyrrole nitrogens is 1. The Kier molecular flexibility index (Phi) is 4.12. The second-order valence-electron chi connectivity index (χ2n) is 6.57. The van der Waals surface area contributed by atoms with Crippen molar-refractivity contribution in [2.24, 2.45) is 0 Å². The van der Waals surface area contributed by atoms with Gasteiger partial charge in [0.1, 0.15) is 5.82 Å². The zero-order valence-corrected chi connectivity index (χ0v) is 15.2. The molecule has 7 heteroatoms. The Morgan fingerprint density at radius 3 is 2.85 bits per heavy atom. The first-order valence-corrected chi connectivity index (χ1v) is 8.79. The Morgan fingerprint density at radius 1 is 1.19 bits per heavy atom. The van der Waals surface area contributed by atoms with Gasteiger partial charge in [0.05, 0.1) is 5.69 Å². The lowest BCUT2D eigenvalue weighted by Crippen LogP contribution is -2.15. The molecule has 0 saturated heterocycles. The van der Waals surface area contributed by atoms with Crippen LogP contribution in [0.4, 0.5) is 5.69 Å². The van der Waals surface area contributed by atoms with Gasteiger partial charge in [-0.2, -0.15) is 0 Å². The Labute approximate surface area is 154 Å². The lowest BCUT2D eigenvalue weighted by atomic mass is 10.1. The highest BCUT2D eigenvalue weighted by Crippen LogP contribution is 2.19. The third-order valence-corrected chi connectivity index (χ3v) is 4.55. The Bertz CT molecular complexity index is 1160. The Morgan fingerprint density at radius 2 is 2.04 bits per heavy atom. The number of benzene rings is 1. The predicted molar refractivity (Wildman–Crippen MR) is 104 cm³/mol. The molecule has 1 aromatic carbocycles. The lowest BCUT2D eigenvalue weighted by molar-refractivity contribution is 0.759. The largest absolute Gasteiger partial charge is 0.380 e. The SMILES string of the molecule is CC(C)c1nnc2ccc(NCc3cc4cc(Cl)ccc4[nH]c3=O)cn12. The Hall–Kier alpha value is -2.86. The molecular formula is C19H18ClN5O. The van der Waals surface area contributed by atoms with E-state index in [9.17, 15) is 4.79 Å². The zero-order valence-electron chi connectivity index (χ0n) is 14.5. The highest BCUT2D eigenvalue weighted by atomic mass is 35.5. The van der Waals surface area contributed by atoms with Crippen LogP contribution < -0.4 is 10.9 Å². The molecule has 0 fully saturated rings. The number of hydrogen-bond acceptors (Lipinski definition) is 4. The van der Waals surface area contributed by atoms with Crippen molar-refractivity contribution in [3.8, 4) is 0 Å². The van der Waals surface area contributed by atoms with E-state index in [1.54, 1.807) is 6.07 Å². The maximum atomic E-state index is 12.3. The van der Waals surface area contributed by atoms with E-state index in [2.05, 4.69) is 34.3 Å². The van der Waals surface area contributed by atoms with Crippen molar-refractivity contribution in [3.63, 3.8) is 0 Å². The molecule has 0 atom stereocenters. The van der Waals surface area contributed by atoms with Gasteiger partial charge >= 0.3 is 0 Å². The number of pyridine rings is 2. The molecule has 0 aliphatic rings. The van der Waals surface area contributed by atoms with Gasteiger partial charge in [-0.15, -0.1) is 10.2 Å². The average Bonchev–Trinajstić information content (AvgIpc) is 3.03. The molecule has 0 aliphatic carbocycles. The molecular weight excluding hydrogens is 350 g/mol. The standard InChI is InChI=1S/C19H18ClN5O/c1-11(2)18-24-23-17-6-4-15(10-25(17)18)21-9-13-7-12-8-14(20)3-5-16(12)22-19(13)26/h3-8,10-11,21H,9H2,1-2H3,(H,22,26). The summed E-state index contributed by atoms with van der Waals surface area (Å²) in [5.41, 5.74) is 3.01. The van der Waals surface area contributed by atoms with E-state index in [4.69, 9.17) is 11.6 Å². The summed E-state index contributed by atoms with van der Waals surface area (Å²) in [5.74, 6) is 1.18. The van der Waals surface area contributed by atoms with Gasteiger partial charge in [-0.25, -0.2) is 0 Å². The fourth-order valence-electron chi connectivity index (χ4n) is 2.96. The van der Waals surface area contributed by atoms with Crippen LogP contribution in [0, 0.1) is 0 Å². The Balaban J connectivity index is 1.63. The maximum absolute atomic E-state index is 12.3. The van der Waals surface area contributed by atoms with Gasteiger partial charge in [0.2, 0.25) is 0 Å². The molecule has 0 spiro atoms. The van der Waals surface area contributed by atoms with E-state index in [0.717, 1.165) is 28.1 Å². The summed E-state index contributed by atoms with van der Waals surface area (Å²) in [6.45, 7) is 4.56. The topological polar surface area (TPSA) is 75.1 Å². The molecule has 132 valence electrons. The summed E-state index contributed by atoms with van der Waals surface area (Å²) in [6.07, 6.45) is 1.96. The van der Waals surface area contributed by atoms with Crippen LogP contribution in [0.1, 0.15) is 31.2 Å². The minimum Gasteiger partial charge on any atom is -0.380 e. The molecule has 3 aromatic heterocycles. The molecule has 0 radical (unpaired) electrons. The average molecular weight is 368 g/mol. The fourth-order valence-corrected chi connectivity index (χ4v) is 3.14. The maximum Gasteiger partial charge on any atom is 0.253 e. The number of fused-ring (bicyclic) bond motifs is 2. The second-order valence-corrected chi connectivity index (χ2v) is 7.00. The first-order chi connectivity index (χ1) is 12.5. The molecule has 0 bridgehead atoms. The first kappa shape index (κ1) is 16.6. The molecule has 6 nitrogen and oxygen atoms in total. The van der Waals surface area contributed by atoms with Crippen molar-refractivity contribution >= 4 is 33.8 Å². The van der Waals surface area contributed by atoms with E-state index in [1.807, 2.05) is 40.9 Å². The van der Waals surface area contributed by atoms with Crippen LogP contribution >= 0.6 is 11.6 Å². The number of halogens is 1. The van der Waals surface area contributed by atoms with Crippen LogP contribution in [0.15, 0.2) is 47.4 Å². The first-order valence-electron chi connectivity index (χ1n) is 8.41. The number of nitrogens with one attached hydrogen (secondary N) is 2. The molecule has 4 aromatic rings. The van der Waals surface area contributed by atoms with E-state index < -0.39 is 0 Å². The molecule has 26 heavy (non-hydrogen) atoms. The van der Waals surface area contributed by atoms with Crippen molar-refractivity contribution in [2.75, 3.05) is 5.32 Å². The van der Waals surface area contributed by atoms with Gasteiger partial charge in [-0.3, -0.25) is 9.20 Å². The van der Waals surface area contributed by atoms with Gasteiger partial charge in [0.25, 0.3) is 5.56 Å². The smallest absolute Gasteiger partial charge is 0.253 e. The number of aromatic nitrogens is 4. The van der Waals surface area contributed by atoms with Gasteiger partial charge < -0.3 is 10.3 Å². The molecule has 0 amide bonds. The summed E-state index contributed by atoms with van der Waals surface area (Å²) in [7, 11) is 0. The quantitative estimate of drug-likeness (QED) is 0.572. The summed E-state index contributed by atoms with van der Waals surface area (Å²) < 4.78 is 1.97. The molecule has 2 N–H and O–H groups in total. The number of rotatable bonds is 4. The molecule has 3 heterocycles. The van der Waals surface area contributed by atoms with Crippen LogP contribution in [-0.4, -0.2) is 19.6 Å².